The standard InChI is InChI=1S/C15H28N2O2S.ClH/c1-20-11-6-13(16)14(18)17-9-10-19-15(12-17)7-4-2-3-5-8-15;/h13H,2-12,16H2,1H3;1H. The first-order valence-corrected chi connectivity index (χ1v) is 9.23. The highest BCUT2D eigenvalue weighted by molar-refractivity contribution is 7.98. The van der Waals surface area contributed by atoms with Crippen LogP contribution in [0.25, 0.3) is 0 Å². The molecule has 1 spiro atoms. The summed E-state index contributed by atoms with van der Waals surface area (Å²) < 4.78 is 6.09. The fraction of sp³-hybridized carbons (Fsp3) is 0.933. The minimum Gasteiger partial charge on any atom is -0.371 e. The van der Waals surface area contributed by atoms with E-state index >= 15 is 0 Å². The third-order valence-corrected chi connectivity index (χ3v) is 5.17. The van der Waals surface area contributed by atoms with Crippen LogP contribution in [-0.4, -0.2) is 54.2 Å². The summed E-state index contributed by atoms with van der Waals surface area (Å²) in [5, 5.41) is 0. The van der Waals surface area contributed by atoms with Crippen LogP contribution < -0.4 is 5.73 Å². The first-order chi connectivity index (χ1) is 9.67. The van der Waals surface area contributed by atoms with Gasteiger partial charge in [0.15, 0.2) is 0 Å². The summed E-state index contributed by atoms with van der Waals surface area (Å²) in [4.78, 5) is 14.4. The molecule has 0 aromatic carbocycles. The zero-order valence-corrected chi connectivity index (χ0v) is 14.6. The number of amides is 1. The highest BCUT2D eigenvalue weighted by Gasteiger charge is 2.39. The van der Waals surface area contributed by atoms with E-state index in [1.807, 2.05) is 11.2 Å². The first-order valence-electron chi connectivity index (χ1n) is 7.84. The van der Waals surface area contributed by atoms with Crippen LogP contribution in [0.15, 0.2) is 0 Å². The monoisotopic (exact) mass is 336 g/mol. The molecule has 1 unspecified atom stereocenters. The summed E-state index contributed by atoms with van der Waals surface area (Å²) in [6.45, 7) is 2.12. The molecule has 6 heteroatoms. The molecular weight excluding hydrogens is 308 g/mol. The van der Waals surface area contributed by atoms with Crippen LogP contribution in [0.5, 0.6) is 0 Å². The molecule has 1 aliphatic heterocycles. The Morgan fingerprint density at radius 2 is 2.00 bits per heavy atom. The number of hydrogen-bond donors (Lipinski definition) is 1. The lowest BCUT2D eigenvalue weighted by Crippen LogP contribution is -2.56. The Hall–Kier alpha value is 0.0300. The maximum atomic E-state index is 12.5. The van der Waals surface area contributed by atoms with E-state index in [1.165, 1.54) is 25.7 Å². The van der Waals surface area contributed by atoms with Crippen LogP contribution in [0.3, 0.4) is 0 Å². The van der Waals surface area contributed by atoms with Crippen LogP contribution in [0, 0.1) is 0 Å². The first kappa shape index (κ1) is 19.1. The molecule has 1 atom stereocenters. The molecule has 2 N–H and O–H groups in total. The van der Waals surface area contributed by atoms with Crippen molar-refractivity contribution in [2.24, 2.45) is 5.73 Å². The van der Waals surface area contributed by atoms with Gasteiger partial charge in [0.2, 0.25) is 5.91 Å². The molecule has 2 rings (SSSR count). The lowest BCUT2D eigenvalue weighted by atomic mass is 9.92. The summed E-state index contributed by atoms with van der Waals surface area (Å²) in [5.74, 6) is 1.06. The van der Waals surface area contributed by atoms with E-state index in [1.54, 1.807) is 11.8 Å². The van der Waals surface area contributed by atoms with Crippen molar-refractivity contribution < 1.29 is 9.53 Å². The molecule has 0 bridgehead atoms. The Labute approximate surface area is 138 Å². The molecule has 21 heavy (non-hydrogen) atoms. The molecule has 1 aliphatic carbocycles. The number of hydrogen-bond acceptors (Lipinski definition) is 4. The average molecular weight is 337 g/mol. The van der Waals surface area contributed by atoms with E-state index in [0.717, 1.165) is 31.6 Å². The van der Waals surface area contributed by atoms with Crippen molar-refractivity contribution in [2.75, 3.05) is 31.7 Å². The van der Waals surface area contributed by atoms with Crippen LogP contribution in [0.4, 0.5) is 0 Å². The number of thioether (sulfide) groups is 1. The van der Waals surface area contributed by atoms with Gasteiger partial charge in [-0.1, -0.05) is 25.7 Å². The number of carbonyl (C=O) groups is 1. The topological polar surface area (TPSA) is 55.6 Å². The molecule has 1 saturated carbocycles. The fourth-order valence-electron chi connectivity index (χ4n) is 3.31. The minimum atomic E-state index is -0.344. The highest BCUT2D eigenvalue weighted by Crippen LogP contribution is 2.33. The van der Waals surface area contributed by atoms with Crippen LogP contribution in [0.1, 0.15) is 44.9 Å². The van der Waals surface area contributed by atoms with Crippen molar-refractivity contribution in [1.82, 2.24) is 4.90 Å². The predicted molar refractivity (Wildman–Crippen MR) is 91.2 cm³/mol. The van der Waals surface area contributed by atoms with Crippen LogP contribution in [0.2, 0.25) is 0 Å². The number of nitrogens with zero attached hydrogens (tertiary/aromatic N) is 1. The van der Waals surface area contributed by atoms with E-state index < -0.39 is 0 Å². The maximum absolute atomic E-state index is 12.5. The Kier molecular flexibility index (Phi) is 8.39. The van der Waals surface area contributed by atoms with Crippen molar-refractivity contribution in [3.8, 4) is 0 Å². The number of halogens is 1. The zero-order valence-electron chi connectivity index (χ0n) is 13.0. The Morgan fingerprint density at radius 3 is 2.62 bits per heavy atom. The number of rotatable bonds is 4. The summed E-state index contributed by atoms with van der Waals surface area (Å²) >= 11 is 1.74. The number of nitrogens with two attached hydrogens (primary N) is 1. The van der Waals surface area contributed by atoms with Gasteiger partial charge >= 0.3 is 0 Å². The lowest BCUT2D eigenvalue weighted by Gasteiger charge is -2.43. The molecule has 0 radical (unpaired) electrons. The lowest BCUT2D eigenvalue weighted by molar-refractivity contribution is -0.154. The molecule has 0 aromatic rings. The van der Waals surface area contributed by atoms with Crippen molar-refractivity contribution in [1.29, 1.82) is 0 Å². The van der Waals surface area contributed by atoms with Gasteiger partial charge in [-0.15, -0.1) is 12.4 Å². The Balaban J connectivity index is 0.00000220. The SMILES string of the molecule is CSCCC(N)C(=O)N1CCOC2(CCCCCC2)C1.Cl. The molecule has 124 valence electrons. The smallest absolute Gasteiger partial charge is 0.239 e. The van der Waals surface area contributed by atoms with Crippen molar-refractivity contribution in [2.45, 2.75) is 56.6 Å². The molecule has 1 heterocycles. The largest absolute Gasteiger partial charge is 0.371 e. The molecule has 1 saturated heterocycles. The molecule has 2 fully saturated rings. The second-order valence-electron chi connectivity index (χ2n) is 6.09. The summed E-state index contributed by atoms with van der Waals surface area (Å²) in [7, 11) is 0. The normalized spacial score (nSPS) is 23.2. The van der Waals surface area contributed by atoms with E-state index in [2.05, 4.69) is 0 Å². The summed E-state index contributed by atoms with van der Waals surface area (Å²) in [5.41, 5.74) is 5.96. The summed E-state index contributed by atoms with van der Waals surface area (Å²) in [6, 6.07) is -0.344. The number of carbonyl (C=O) groups excluding carboxylic acids is 1. The van der Waals surface area contributed by atoms with Gasteiger partial charge < -0.3 is 15.4 Å². The van der Waals surface area contributed by atoms with Gasteiger partial charge in [0.05, 0.1) is 18.2 Å². The zero-order chi connectivity index (χ0) is 14.4. The second kappa shape index (κ2) is 9.23. The van der Waals surface area contributed by atoms with Gasteiger partial charge in [-0.2, -0.15) is 11.8 Å². The van der Waals surface area contributed by atoms with Gasteiger partial charge in [0, 0.05) is 13.1 Å². The molecule has 0 aromatic heterocycles. The van der Waals surface area contributed by atoms with Crippen LogP contribution >= 0.6 is 24.2 Å². The minimum absolute atomic E-state index is 0. The van der Waals surface area contributed by atoms with Crippen molar-refractivity contribution in [3.05, 3.63) is 0 Å². The van der Waals surface area contributed by atoms with Gasteiger partial charge in [0.25, 0.3) is 0 Å². The van der Waals surface area contributed by atoms with Crippen LogP contribution in [-0.2, 0) is 9.53 Å². The van der Waals surface area contributed by atoms with Gasteiger partial charge in [-0.25, -0.2) is 0 Å². The van der Waals surface area contributed by atoms with Gasteiger partial charge in [-0.05, 0) is 31.3 Å². The predicted octanol–water partition coefficient (Wildman–Crippen LogP) is 2.44. The fourth-order valence-corrected chi connectivity index (χ4v) is 3.80. The Bertz CT molecular complexity index is 323. The molecule has 1 amide bonds. The molecular formula is C15H29ClN2O2S. The number of ether oxygens (including phenoxy) is 1. The second-order valence-corrected chi connectivity index (χ2v) is 7.08. The molecule has 2 aliphatic rings. The van der Waals surface area contributed by atoms with Crippen molar-refractivity contribution in [3.63, 3.8) is 0 Å². The molecule has 4 nitrogen and oxygen atoms in total. The third kappa shape index (κ3) is 5.31. The van der Waals surface area contributed by atoms with E-state index in [0.29, 0.717) is 13.2 Å². The van der Waals surface area contributed by atoms with Gasteiger partial charge in [0.1, 0.15) is 0 Å². The van der Waals surface area contributed by atoms with Crippen molar-refractivity contribution >= 4 is 30.1 Å². The highest BCUT2D eigenvalue weighted by atomic mass is 35.5. The quantitative estimate of drug-likeness (QED) is 0.856. The van der Waals surface area contributed by atoms with E-state index in [-0.39, 0.29) is 30.0 Å². The van der Waals surface area contributed by atoms with E-state index in [4.69, 9.17) is 10.5 Å². The van der Waals surface area contributed by atoms with E-state index in [9.17, 15) is 4.79 Å². The Morgan fingerprint density at radius 1 is 1.33 bits per heavy atom. The third-order valence-electron chi connectivity index (χ3n) is 4.53. The maximum Gasteiger partial charge on any atom is 0.239 e. The summed E-state index contributed by atoms with van der Waals surface area (Å²) in [6.07, 6.45) is 10.0. The number of morpholine rings is 1. The average Bonchev–Trinajstić information content (AvgIpc) is 2.69. The van der Waals surface area contributed by atoms with Gasteiger partial charge in [-0.3, -0.25) is 4.79 Å².